The Balaban J connectivity index is 1.33. The van der Waals surface area contributed by atoms with Crippen LogP contribution in [0.15, 0.2) is 74.9 Å². The lowest BCUT2D eigenvalue weighted by Crippen LogP contribution is -2.38. The Morgan fingerprint density at radius 2 is 2.00 bits per heavy atom. The SMILES string of the molecule is C[C@@H]1CCC[C@H](N2CCC(C3=C(F)CCC(Cl)=C3F)=CC2=O)c2cc(ccn2)-c2ccc(Nc3nnc(CC#N)o3)cc2NC1=O. The maximum Gasteiger partial charge on any atom is 0.320 e. The maximum absolute atomic E-state index is 14.8. The zero-order chi connectivity index (χ0) is 32.4. The van der Waals surface area contributed by atoms with Crippen molar-refractivity contribution in [1.29, 1.82) is 5.26 Å². The average Bonchev–Trinajstić information content (AvgIpc) is 3.48. The van der Waals surface area contributed by atoms with Crippen LogP contribution in [0, 0.1) is 17.2 Å². The van der Waals surface area contributed by atoms with E-state index in [2.05, 4.69) is 25.8 Å². The number of carbonyl (C=O) groups excluding carboxylic acids is 2. The molecule has 10 nitrogen and oxygen atoms in total. The van der Waals surface area contributed by atoms with Gasteiger partial charge in [0.25, 0.3) is 0 Å². The van der Waals surface area contributed by atoms with Crippen molar-refractivity contribution in [3.8, 4) is 17.2 Å². The second-order valence-electron chi connectivity index (χ2n) is 11.5. The van der Waals surface area contributed by atoms with Gasteiger partial charge in [0.1, 0.15) is 18.1 Å². The van der Waals surface area contributed by atoms with Crippen molar-refractivity contribution < 1.29 is 22.8 Å². The van der Waals surface area contributed by atoms with Crippen LogP contribution in [0.4, 0.5) is 26.2 Å². The predicted octanol–water partition coefficient (Wildman–Crippen LogP) is 7.34. The highest BCUT2D eigenvalue weighted by Crippen LogP contribution is 2.41. The van der Waals surface area contributed by atoms with Crippen LogP contribution < -0.4 is 10.6 Å². The number of halogens is 3. The van der Waals surface area contributed by atoms with E-state index in [1.807, 2.05) is 31.2 Å². The number of nitrogens with one attached hydrogen (secondary N) is 2. The number of allylic oxidation sites excluding steroid dienone is 4. The van der Waals surface area contributed by atoms with E-state index in [1.165, 1.54) is 6.08 Å². The normalized spacial score (nSPS) is 20.7. The van der Waals surface area contributed by atoms with Crippen LogP contribution >= 0.6 is 11.6 Å². The highest BCUT2D eigenvalue weighted by atomic mass is 35.5. The molecule has 2 aliphatic heterocycles. The highest BCUT2D eigenvalue weighted by Gasteiger charge is 2.33. The Kier molecular flexibility index (Phi) is 8.94. The van der Waals surface area contributed by atoms with Crippen LogP contribution in [-0.2, 0) is 16.0 Å². The second kappa shape index (κ2) is 13.2. The minimum atomic E-state index is -0.802. The summed E-state index contributed by atoms with van der Waals surface area (Å²) in [7, 11) is 0. The summed E-state index contributed by atoms with van der Waals surface area (Å²) in [5.74, 6) is -2.06. The largest absolute Gasteiger partial charge is 0.407 e. The molecule has 3 aliphatic rings. The van der Waals surface area contributed by atoms with Gasteiger partial charge in [-0.3, -0.25) is 14.6 Å². The van der Waals surface area contributed by atoms with E-state index in [0.717, 1.165) is 11.1 Å². The molecule has 0 radical (unpaired) electrons. The van der Waals surface area contributed by atoms with Gasteiger partial charge in [-0.15, -0.1) is 5.10 Å². The lowest BCUT2D eigenvalue weighted by molar-refractivity contribution is -0.129. The van der Waals surface area contributed by atoms with Crippen molar-refractivity contribution in [3.05, 3.63) is 82.0 Å². The van der Waals surface area contributed by atoms with Crippen molar-refractivity contribution in [2.45, 2.75) is 57.9 Å². The van der Waals surface area contributed by atoms with Crippen LogP contribution in [0.2, 0.25) is 0 Å². The van der Waals surface area contributed by atoms with E-state index in [9.17, 15) is 18.4 Å². The van der Waals surface area contributed by atoms with Gasteiger partial charge in [0.2, 0.25) is 17.7 Å². The van der Waals surface area contributed by atoms with Gasteiger partial charge < -0.3 is 20.0 Å². The number of benzene rings is 1. The molecule has 2 amide bonds. The molecule has 1 aromatic carbocycles. The molecular formula is C33H30ClF2N7O3. The van der Waals surface area contributed by atoms with E-state index in [0.29, 0.717) is 41.9 Å². The number of nitrogens with zero attached hydrogens (tertiary/aromatic N) is 5. The Morgan fingerprint density at radius 3 is 2.80 bits per heavy atom. The highest BCUT2D eigenvalue weighted by molar-refractivity contribution is 6.30. The number of hydrogen-bond donors (Lipinski definition) is 2. The molecule has 236 valence electrons. The van der Waals surface area contributed by atoms with Gasteiger partial charge in [-0.1, -0.05) is 36.1 Å². The zero-order valence-electron chi connectivity index (χ0n) is 24.9. The fraction of sp³-hybridized carbons (Fsp3) is 0.333. The number of anilines is 3. The third-order valence-electron chi connectivity index (χ3n) is 8.41. The maximum atomic E-state index is 14.8. The summed E-state index contributed by atoms with van der Waals surface area (Å²) in [4.78, 5) is 33.2. The monoisotopic (exact) mass is 645 g/mol. The van der Waals surface area contributed by atoms with Crippen LogP contribution in [0.25, 0.3) is 11.1 Å². The number of carbonyl (C=O) groups is 2. The van der Waals surface area contributed by atoms with Crippen molar-refractivity contribution in [2.75, 3.05) is 17.2 Å². The molecule has 0 saturated heterocycles. The van der Waals surface area contributed by atoms with Crippen molar-refractivity contribution in [2.24, 2.45) is 5.92 Å². The van der Waals surface area contributed by atoms with Crippen molar-refractivity contribution in [1.82, 2.24) is 20.1 Å². The first-order valence-electron chi connectivity index (χ1n) is 15.0. The first kappa shape index (κ1) is 31.1. The molecule has 6 rings (SSSR count). The van der Waals surface area contributed by atoms with Gasteiger partial charge in [-0.2, -0.15) is 5.26 Å². The summed E-state index contributed by atoms with van der Waals surface area (Å²) in [6.45, 7) is 2.10. The quantitative estimate of drug-likeness (QED) is 0.294. The molecule has 4 heterocycles. The van der Waals surface area contributed by atoms with E-state index in [1.54, 1.807) is 23.2 Å². The van der Waals surface area contributed by atoms with Gasteiger partial charge in [-0.25, -0.2) is 8.78 Å². The van der Waals surface area contributed by atoms with Gasteiger partial charge in [0.05, 0.1) is 28.5 Å². The molecule has 3 aromatic rings. The Hall–Kier alpha value is -4.89. The third kappa shape index (κ3) is 6.41. The van der Waals surface area contributed by atoms with E-state index in [-0.39, 0.29) is 72.5 Å². The first-order chi connectivity index (χ1) is 22.2. The van der Waals surface area contributed by atoms with Crippen LogP contribution in [0.3, 0.4) is 0 Å². The number of rotatable bonds is 5. The molecule has 0 saturated carbocycles. The van der Waals surface area contributed by atoms with E-state index < -0.39 is 17.7 Å². The number of hydrogen-bond acceptors (Lipinski definition) is 8. The smallest absolute Gasteiger partial charge is 0.320 e. The summed E-state index contributed by atoms with van der Waals surface area (Å²) < 4.78 is 35.0. The molecule has 2 N–H and O–H groups in total. The minimum Gasteiger partial charge on any atom is -0.407 e. The lowest BCUT2D eigenvalue weighted by Gasteiger charge is -2.35. The number of amides is 2. The van der Waals surface area contributed by atoms with Gasteiger partial charge in [0.15, 0.2) is 0 Å². The summed E-state index contributed by atoms with van der Waals surface area (Å²) >= 11 is 5.99. The fourth-order valence-electron chi connectivity index (χ4n) is 6.00. The second-order valence-corrected chi connectivity index (χ2v) is 11.9. The molecule has 0 fully saturated rings. The number of aromatic nitrogens is 3. The van der Waals surface area contributed by atoms with Crippen LogP contribution in [0.1, 0.15) is 63.1 Å². The predicted molar refractivity (Wildman–Crippen MR) is 167 cm³/mol. The summed E-state index contributed by atoms with van der Waals surface area (Å²) in [6, 6.07) is 10.8. The van der Waals surface area contributed by atoms with Crippen molar-refractivity contribution >= 4 is 40.8 Å². The molecule has 1 aliphatic carbocycles. The summed E-state index contributed by atoms with van der Waals surface area (Å²) in [6.07, 6.45) is 5.07. The molecule has 2 bridgehead atoms. The Labute approximate surface area is 268 Å². The van der Waals surface area contributed by atoms with Crippen LogP contribution in [-0.4, -0.2) is 38.4 Å². The number of fused-ring (bicyclic) bond motifs is 4. The van der Waals surface area contributed by atoms with Gasteiger partial charge in [-0.05, 0) is 61.1 Å². The lowest BCUT2D eigenvalue weighted by atomic mass is 9.90. The molecule has 46 heavy (non-hydrogen) atoms. The number of pyridine rings is 1. The molecule has 2 atom stereocenters. The molecule has 2 aromatic heterocycles. The average molecular weight is 646 g/mol. The molecule has 0 spiro atoms. The Bertz CT molecular complexity index is 1840. The van der Waals surface area contributed by atoms with Crippen LogP contribution in [0.5, 0.6) is 0 Å². The fourth-order valence-corrected chi connectivity index (χ4v) is 6.18. The standard InChI is InChI=1S/C33H30ClF2N7O3/c1-18-3-2-4-27(43-14-11-20(16-29(43)44)30-24(35)8-7-23(34)31(30)36)26-15-19(10-13-38-26)22-6-5-21(17-25(22)40-32(18)45)39-33-42-41-28(46-33)9-12-37/h5-6,10,13,15-18,27H,2-4,7-9,11,14H2,1H3,(H,39,42)(H,40,45)/t18-,27+/m1/s1. The van der Waals surface area contributed by atoms with Gasteiger partial charge >= 0.3 is 6.01 Å². The van der Waals surface area contributed by atoms with Gasteiger partial charge in [0, 0.05) is 48.0 Å². The first-order valence-corrected chi connectivity index (χ1v) is 15.4. The summed E-state index contributed by atoms with van der Waals surface area (Å²) in [5, 5.41) is 22.7. The molecule has 13 heteroatoms. The Morgan fingerprint density at radius 1 is 1.15 bits per heavy atom. The molecule has 0 unspecified atom stereocenters. The van der Waals surface area contributed by atoms with Crippen molar-refractivity contribution in [3.63, 3.8) is 0 Å². The van der Waals surface area contributed by atoms with E-state index in [4.69, 9.17) is 21.3 Å². The molecular weight excluding hydrogens is 616 g/mol. The zero-order valence-corrected chi connectivity index (χ0v) is 25.7. The third-order valence-corrected chi connectivity index (χ3v) is 8.77. The number of nitriles is 1. The topological polar surface area (TPSA) is 137 Å². The minimum absolute atomic E-state index is 0.00117. The van der Waals surface area contributed by atoms with E-state index >= 15 is 0 Å². The summed E-state index contributed by atoms with van der Waals surface area (Å²) in [5.41, 5.74) is 3.41.